The second-order valence-electron chi connectivity index (χ2n) is 4.94. The van der Waals surface area contributed by atoms with E-state index in [1.165, 1.54) is 7.11 Å². The highest BCUT2D eigenvalue weighted by molar-refractivity contribution is 7.66. The fourth-order valence-corrected chi connectivity index (χ4v) is 3.47. The van der Waals surface area contributed by atoms with Crippen LogP contribution in [0.3, 0.4) is 0 Å². The predicted molar refractivity (Wildman–Crippen MR) is 98.4 cm³/mol. The van der Waals surface area contributed by atoms with Crippen LogP contribution in [0.1, 0.15) is 24.2 Å². The molecule has 2 aromatic carbocycles. The normalized spacial score (nSPS) is 12.3. The molecule has 6 heteroatoms. The van der Waals surface area contributed by atoms with Crippen LogP contribution < -0.4 is 14.8 Å². The van der Waals surface area contributed by atoms with E-state index in [-0.39, 0.29) is 20.4 Å². The molecule has 2 unspecified atom stereocenters. The van der Waals surface area contributed by atoms with Crippen molar-refractivity contribution in [2.45, 2.75) is 20.1 Å². The number of benzene rings is 2. The Kier molecular flexibility index (Phi) is 7.04. The van der Waals surface area contributed by atoms with Gasteiger partial charge in [0.05, 0.1) is 17.7 Å². The first-order chi connectivity index (χ1) is 11.5. The zero-order valence-corrected chi connectivity index (χ0v) is 15.6. The lowest BCUT2D eigenvalue weighted by molar-refractivity contribution is -0.0613. The summed E-state index contributed by atoms with van der Waals surface area (Å²) in [6, 6.07) is 12.6. The average Bonchev–Trinajstić information content (AvgIpc) is 2.56. The van der Waals surface area contributed by atoms with Crippen molar-refractivity contribution in [2.75, 3.05) is 13.7 Å². The van der Waals surface area contributed by atoms with E-state index >= 15 is 0 Å². The Morgan fingerprint density at radius 2 is 1.92 bits per heavy atom. The molecule has 128 valence electrons. The highest BCUT2D eigenvalue weighted by Crippen LogP contribution is 2.32. The molecule has 0 heterocycles. The molecule has 24 heavy (non-hydrogen) atoms. The zero-order chi connectivity index (χ0) is 17.5. The quantitative estimate of drug-likeness (QED) is 0.517. The topological polar surface area (TPSA) is 44.8 Å². The Labute approximate surface area is 148 Å². The van der Waals surface area contributed by atoms with Gasteiger partial charge in [-0.3, -0.25) is 4.79 Å². The van der Waals surface area contributed by atoms with Crippen LogP contribution in [0.2, 0.25) is 5.02 Å². The lowest BCUT2D eigenvalue weighted by Gasteiger charge is -2.14. The molecule has 0 saturated carbocycles. The van der Waals surface area contributed by atoms with E-state index in [4.69, 9.17) is 25.8 Å². The third-order valence-corrected chi connectivity index (χ3v) is 4.65. The van der Waals surface area contributed by atoms with E-state index < -0.39 is 0 Å². The van der Waals surface area contributed by atoms with Gasteiger partial charge in [-0.25, -0.2) is 0 Å². The van der Waals surface area contributed by atoms with E-state index in [2.05, 4.69) is 0 Å². The van der Waals surface area contributed by atoms with Gasteiger partial charge in [-0.15, -0.1) is 0 Å². The van der Waals surface area contributed by atoms with Gasteiger partial charge in [0.25, 0.3) is 0 Å². The van der Waals surface area contributed by atoms with E-state index in [0.29, 0.717) is 28.7 Å². The van der Waals surface area contributed by atoms with Gasteiger partial charge in [-0.2, -0.15) is 0 Å². The minimum Gasteiger partial charge on any atom is -0.496 e. The molecule has 0 fully saturated rings. The lowest BCUT2D eigenvalue weighted by Crippen LogP contribution is -2.16. The predicted octanol–water partition coefficient (Wildman–Crippen LogP) is 4.25. The molecule has 2 atom stereocenters. The fourth-order valence-electron chi connectivity index (χ4n) is 2.17. The Balaban J connectivity index is 2.08. The molecule has 0 aliphatic rings. The first-order valence-electron chi connectivity index (χ1n) is 7.57. The third-order valence-electron chi connectivity index (χ3n) is 3.24. The number of methoxy groups -OCH3 is 1. The van der Waals surface area contributed by atoms with Crippen molar-refractivity contribution in [3.8, 4) is 11.5 Å². The molecule has 2 aromatic rings. The molecular formula is C18H20ClO4P. The minimum absolute atomic E-state index is 0.0460. The summed E-state index contributed by atoms with van der Waals surface area (Å²) in [5.74, 6) is 1.19. The molecule has 0 spiro atoms. The maximum Gasteiger partial charge on any atom is 0.196 e. The van der Waals surface area contributed by atoms with Crippen LogP contribution in [-0.2, 0) is 4.74 Å². The number of hydrogen-bond donors (Lipinski definition) is 0. The first kappa shape index (κ1) is 18.7. The molecule has 0 radical (unpaired) electrons. The molecule has 0 aliphatic carbocycles. The Morgan fingerprint density at radius 3 is 2.54 bits per heavy atom. The Hall–Kier alpha value is -1.61. The van der Waals surface area contributed by atoms with Crippen LogP contribution in [0.25, 0.3) is 0 Å². The maximum absolute atomic E-state index is 12.6. The molecule has 0 aromatic heterocycles. The third kappa shape index (κ3) is 4.94. The molecule has 0 saturated heterocycles. The van der Waals surface area contributed by atoms with Crippen molar-refractivity contribution in [1.29, 1.82) is 0 Å². The van der Waals surface area contributed by atoms with Crippen LogP contribution in [0.5, 0.6) is 11.5 Å². The average molecular weight is 367 g/mol. The molecular weight excluding hydrogens is 347 g/mol. The van der Waals surface area contributed by atoms with Crippen LogP contribution in [0.4, 0.5) is 0 Å². The highest BCUT2D eigenvalue weighted by atomic mass is 35.5. The number of rotatable bonds is 8. The summed E-state index contributed by atoms with van der Waals surface area (Å²) >= 11 is 6.15. The Morgan fingerprint density at radius 1 is 1.21 bits per heavy atom. The van der Waals surface area contributed by atoms with Gasteiger partial charge in [0.1, 0.15) is 11.5 Å². The number of hydrogen-bond acceptors (Lipinski definition) is 4. The van der Waals surface area contributed by atoms with Crippen molar-refractivity contribution in [2.24, 2.45) is 0 Å². The Bertz CT molecular complexity index is 688. The number of carbonyl (C=O) groups is 1. The lowest BCUT2D eigenvalue weighted by atomic mass is 10.2. The molecule has 0 bridgehead atoms. The fraction of sp³-hybridized carbons (Fsp3) is 0.278. The van der Waals surface area contributed by atoms with Crippen molar-refractivity contribution >= 4 is 31.0 Å². The van der Waals surface area contributed by atoms with Crippen molar-refractivity contribution in [3.63, 3.8) is 0 Å². The van der Waals surface area contributed by atoms with Crippen molar-refractivity contribution in [1.82, 2.24) is 0 Å². The van der Waals surface area contributed by atoms with E-state index in [1.54, 1.807) is 18.2 Å². The number of halogens is 1. The van der Waals surface area contributed by atoms with Crippen molar-refractivity contribution < 1.29 is 19.0 Å². The zero-order valence-electron chi connectivity index (χ0n) is 13.8. The second-order valence-corrected chi connectivity index (χ2v) is 6.63. The summed E-state index contributed by atoms with van der Waals surface area (Å²) in [4.78, 5) is 12.6. The highest BCUT2D eigenvalue weighted by Gasteiger charge is 2.16. The first-order valence-corrected chi connectivity index (χ1v) is 8.95. The largest absolute Gasteiger partial charge is 0.496 e. The summed E-state index contributed by atoms with van der Waals surface area (Å²) in [5.41, 5.74) is 0.360. The van der Waals surface area contributed by atoms with Gasteiger partial charge in [-0.05, 0) is 52.0 Å². The van der Waals surface area contributed by atoms with Gasteiger partial charge >= 0.3 is 0 Å². The van der Waals surface area contributed by atoms with Gasteiger partial charge in [0, 0.05) is 6.61 Å². The number of carbonyl (C=O) groups excluding carboxylic acids is 1. The summed E-state index contributed by atoms with van der Waals surface area (Å²) in [7, 11) is 1.48. The smallest absolute Gasteiger partial charge is 0.196 e. The molecule has 0 amide bonds. The monoisotopic (exact) mass is 366 g/mol. The van der Waals surface area contributed by atoms with E-state index in [0.717, 1.165) is 5.30 Å². The molecule has 2 rings (SSSR count). The van der Waals surface area contributed by atoms with Crippen LogP contribution >= 0.6 is 20.2 Å². The number of ether oxygens (including phenoxy) is 3. The molecule has 0 N–H and O–H groups in total. The standard InChI is InChI=1S/C18H20ClO4P/c1-4-22-12(2)23-13-8-10-14(11-9-13)24-18(20)17-15(19)6-5-7-16(17)21-3/h5-12,24H,4H2,1-3H3. The maximum atomic E-state index is 12.6. The van der Waals surface area contributed by atoms with E-state index in [1.807, 2.05) is 38.1 Å². The van der Waals surface area contributed by atoms with Crippen LogP contribution in [0.15, 0.2) is 42.5 Å². The van der Waals surface area contributed by atoms with Crippen molar-refractivity contribution in [3.05, 3.63) is 53.1 Å². The van der Waals surface area contributed by atoms with Crippen LogP contribution in [0, 0.1) is 0 Å². The minimum atomic E-state index is -0.308. The van der Waals surface area contributed by atoms with Gasteiger partial charge in [0.2, 0.25) is 0 Å². The summed E-state index contributed by atoms with van der Waals surface area (Å²) in [5, 5.41) is 1.30. The van der Waals surface area contributed by atoms with E-state index in [9.17, 15) is 4.79 Å². The summed E-state index contributed by atoms with van der Waals surface area (Å²) < 4.78 is 16.2. The van der Waals surface area contributed by atoms with Gasteiger partial charge in [0.15, 0.2) is 11.8 Å². The van der Waals surface area contributed by atoms with Gasteiger partial charge < -0.3 is 14.2 Å². The molecule has 4 nitrogen and oxygen atoms in total. The SMILES string of the molecule is CCOC(C)Oc1ccc(PC(=O)c2c(Cl)cccc2OC)cc1. The van der Waals surface area contributed by atoms with Gasteiger partial charge in [-0.1, -0.05) is 29.8 Å². The summed E-state index contributed by atoms with van der Waals surface area (Å²) in [6.07, 6.45) is -0.308. The van der Waals surface area contributed by atoms with Crippen LogP contribution in [-0.4, -0.2) is 25.5 Å². The summed E-state index contributed by atoms with van der Waals surface area (Å²) in [6.45, 7) is 4.35. The second kappa shape index (κ2) is 9.03. The molecule has 0 aliphatic heterocycles.